The van der Waals surface area contributed by atoms with Crippen LogP contribution in [0.4, 0.5) is 5.69 Å². The van der Waals surface area contributed by atoms with E-state index in [1.54, 1.807) is 6.20 Å². The van der Waals surface area contributed by atoms with Gasteiger partial charge in [-0.1, -0.05) is 105 Å². The van der Waals surface area contributed by atoms with Crippen LogP contribution < -0.4 is 4.74 Å². The van der Waals surface area contributed by atoms with Gasteiger partial charge in [0.2, 0.25) is 5.88 Å². The highest BCUT2D eigenvalue weighted by Gasteiger charge is 2.34. The van der Waals surface area contributed by atoms with Crippen LogP contribution in [0.1, 0.15) is 25.3 Å². The number of aromatic nitrogens is 4. The number of fused-ring (bicyclic) bond motifs is 6. The van der Waals surface area contributed by atoms with Crippen molar-refractivity contribution in [1.29, 1.82) is 0 Å². The molecule has 0 aliphatic carbocycles. The van der Waals surface area contributed by atoms with Crippen molar-refractivity contribution >= 4 is 43.0 Å². The third-order valence-electron chi connectivity index (χ3n) is 9.94. The van der Waals surface area contributed by atoms with Gasteiger partial charge in [0, 0.05) is 53.7 Å². The van der Waals surface area contributed by atoms with Crippen LogP contribution >= 0.6 is 10.0 Å². The number of nitrogens with zero attached hydrogens (tertiary/aromatic N) is 5. The summed E-state index contributed by atoms with van der Waals surface area (Å²) in [6.07, 6.45) is 1.74. The van der Waals surface area contributed by atoms with Gasteiger partial charge in [-0.05, 0) is 83.6 Å². The lowest BCUT2D eigenvalue weighted by molar-refractivity contribution is 0.461. The molecule has 0 amide bonds. The minimum absolute atomic E-state index is 0.282. The number of rotatable bonds is 8. The molecule has 9 rings (SSSR count). The molecule has 9 aromatic rings. The number of benzene rings is 6. The first-order valence-electron chi connectivity index (χ1n) is 17.9. The summed E-state index contributed by atoms with van der Waals surface area (Å²) in [4.78, 5) is 13.0. The SMILES string of the molecule is [C-]#[N+]c1cccc2c1c1ccc(S(c3ccccc3)(c3ccccc3)c3cccc(Oc4ccccn4)c3)cc1c1nnc(-c3ccccc3C(C)C)n21. The van der Waals surface area contributed by atoms with E-state index < -0.39 is 10.0 Å². The lowest BCUT2D eigenvalue weighted by Crippen LogP contribution is -2.06. The molecule has 3 heterocycles. The first kappa shape index (κ1) is 33.1. The summed E-state index contributed by atoms with van der Waals surface area (Å²) >= 11 is 0. The molecule has 0 aliphatic rings. The lowest BCUT2D eigenvalue weighted by Gasteiger charge is -2.42. The normalized spacial score (nSPS) is 12.0. The second kappa shape index (κ2) is 13.7. The first-order chi connectivity index (χ1) is 26.6. The number of hydrogen-bond acceptors (Lipinski definition) is 4. The number of ether oxygens (including phenoxy) is 1. The van der Waals surface area contributed by atoms with E-state index in [1.165, 1.54) is 15.4 Å². The Balaban J connectivity index is 1.39. The molecular weight excluding hydrogens is 683 g/mol. The summed E-state index contributed by atoms with van der Waals surface area (Å²) < 4.78 is 8.50. The monoisotopic (exact) mass is 717 g/mol. The smallest absolute Gasteiger partial charge is 0.219 e. The van der Waals surface area contributed by atoms with Gasteiger partial charge in [-0.2, -0.15) is 0 Å². The second-order valence-electron chi connectivity index (χ2n) is 13.4. The van der Waals surface area contributed by atoms with Crippen LogP contribution in [0.15, 0.2) is 190 Å². The minimum Gasteiger partial charge on any atom is -0.439 e. The van der Waals surface area contributed by atoms with Crippen molar-refractivity contribution in [2.45, 2.75) is 39.3 Å². The van der Waals surface area contributed by atoms with Gasteiger partial charge in [0.1, 0.15) is 5.75 Å². The van der Waals surface area contributed by atoms with Crippen molar-refractivity contribution in [1.82, 2.24) is 19.6 Å². The molecule has 0 radical (unpaired) electrons. The maximum absolute atomic E-state index is 8.23. The molecule has 0 fully saturated rings. The van der Waals surface area contributed by atoms with Crippen molar-refractivity contribution in [2.24, 2.45) is 0 Å². The Hall–Kier alpha value is -6.75. The van der Waals surface area contributed by atoms with Crippen LogP contribution in [0.5, 0.6) is 11.6 Å². The van der Waals surface area contributed by atoms with Gasteiger partial charge in [-0.25, -0.2) is 9.83 Å². The molecule has 0 atom stereocenters. The highest BCUT2D eigenvalue weighted by molar-refractivity contribution is 8.34. The first-order valence-corrected chi connectivity index (χ1v) is 19.5. The summed E-state index contributed by atoms with van der Waals surface area (Å²) in [5.74, 6) is 2.28. The Morgan fingerprint density at radius 1 is 0.630 bits per heavy atom. The summed E-state index contributed by atoms with van der Waals surface area (Å²) in [7, 11) is -2.14. The maximum Gasteiger partial charge on any atom is 0.219 e. The standard InChI is InChI=1S/C47H35N5OS/c1-32(2)38-22-10-11-23-40(38)46-50-51-47-41-31-37(27-28-39(41)45-42(48-3)24-15-25-43(45)52(46)47)54(34-17-6-4-7-18-34,35-19-8-5-9-20-35)36-21-14-16-33(30-36)53-44-26-12-13-29-49-44/h4-32H,1-2H3. The van der Waals surface area contributed by atoms with Gasteiger partial charge in [0.05, 0.1) is 6.57 Å². The zero-order valence-electron chi connectivity index (χ0n) is 29.8. The highest BCUT2D eigenvalue weighted by Crippen LogP contribution is 2.74. The number of hydrogen-bond donors (Lipinski definition) is 0. The molecule has 0 bridgehead atoms. The van der Waals surface area contributed by atoms with Crippen LogP contribution in [-0.4, -0.2) is 19.6 Å². The Morgan fingerprint density at radius 2 is 1.31 bits per heavy atom. The molecule has 0 saturated carbocycles. The fourth-order valence-electron chi connectivity index (χ4n) is 7.59. The van der Waals surface area contributed by atoms with E-state index in [1.807, 2.05) is 36.4 Å². The highest BCUT2D eigenvalue weighted by atomic mass is 32.3. The third kappa shape index (κ3) is 5.39. The molecule has 0 aliphatic heterocycles. The van der Waals surface area contributed by atoms with Crippen LogP contribution in [0.25, 0.3) is 43.6 Å². The number of pyridine rings is 2. The van der Waals surface area contributed by atoms with Gasteiger partial charge in [-0.15, -0.1) is 20.2 Å². The molecule has 260 valence electrons. The van der Waals surface area contributed by atoms with Gasteiger partial charge in [0.25, 0.3) is 0 Å². The Kier molecular flexibility index (Phi) is 8.38. The molecule has 0 saturated heterocycles. The predicted octanol–water partition coefficient (Wildman–Crippen LogP) is 12.9. The molecule has 0 unspecified atom stereocenters. The largest absolute Gasteiger partial charge is 0.439 e. The average Bonchev–Trinajstić information content (AvgIpc) is 3.68. The minimum atomic E-state index is -2.14. The van der Waals surface area contributed by atoms with Crippen molar-refractivity contribution < 1.29 is 4.74 Å². The van der Waals surface area contributed by atoms with E-state index in [4.69, 9.17) is 21.5 Å². The fourth-order valence-corrected chi connectivity index (χ4v) is 11.5. The van der Waals surface area contributed by atoms with Crippen LogP contribution in [-0.2, 0) is 0 Å². The molecule has 54 heavy (non-hydrogen) atoms. The van der Waals surface area contributed by atoms with Crippen LogP contribution in [0.3, 0.4) is 0 Å². The summed E-state index contributed by atoms with van der Waals surface area (Å²) in [5, 5.41) is 12.6. The van der Waals surface area contributed by atoms with E-state index in [9.17, 15) is 0 Å². The van der Waals surface area contributed by atoms with E-state index >= 15 is 0 Å². The van der Waals surface area contributed by atoms with Crippen LogP contribution in [0, 0.1) is 6.57 Å². The summed E-state index contributed by atoms with van der Waals surface area (Å²) in [5.41, 5.74) is 4.47. The Labute approximate surface area is 315 Å². The van der Waals surface area contributed by atoms with E-state index in [0.29, 0.717) is 17.3 Å². The van der Waals surface area contributed by atoms with Crippen LogP contribution in [0.2, 0.25) is 0 Å². The quantitative estimate of drug-likeness (QED) is 0.116. The predicted molar refractivity (Wildman–Crippen MR) is 218 cm³/mol. The van der Waals surface area contributed by atoms with Crippen molar-refractivity contribution in [2.75, 3.05) is 0 Å². The van der Waals surface area contributed by atoms with Gasteiger partial charge < -0.3 is 4.74 Å². The lowest BCUT2D eigenvalue weighted by atomic mass is 9.96. The average molecular weight is 718 g/mol. The summed E-state index contributed by atoms with van der Waals surface area (Å²) in [6.45, 7) is 12.6. The van der Waals surface area contributed by atoms with Gasteiger partial charge in [-0.3, -0.25) is 4.40 Å². The molecule has 7 heteroatoms. The van der Waals surface area contributed by atoms with Crippen molar-refractivity contribution in [3.63, 3.8) is 0 Å². The summed E-state index contributed by atoms with van der Waals surface area (Å²) in [6, 6.07) is 56.6. The fraction of sp³-hybridized carbons (Fsp3) is 0.0638. The third-order valence-corrected chi connectivity index (χ3v) is 13.8. The molecule has 6 nitrogen and oxygen atoms in total. The Bertz CT molecular complexity index is 2810. The molecular formula is C47H35N5OS. The van der Waals surface area contributed by atoms with Gasteiger partial charge >= 0.3 is 0 Å². The van der Waals surface area contributed by atoms with E-state index in [2.05, 4.69) is 155 Å². The second-order valence-corrected chi connectivity index (χ2v) is 16.5. The molecule has 0 spiro atoms. The van der Waals surface area contributed by atoms with Crippen molar-refractivity contribution in [3.8, 4) is 23.0 Å². The molecule has 0 N–H and O–H groups in total. The molecule has 3 aromatic heterocycles. The Morgan fingerprint density at radius 3 is 2.04 bits per heavy atom. The zero-order chi connectivity index (χ0) is 36.6. The zero-order valence-corrected chi connectivity index (χ0v) is 30.6. The maximum atomic E-state index is 8.23. The topological polar surface area (TPSA) is 56.7 Å². The van der Waals surface area contributed by atoms with Gasteiger partial charge in [0.15, 0.2) is 17.2 Å². The van der Waals surface area contributed by atoms with E-state index in [0.717, 1.165) is 48.5 Å². The van der Waals surface area contributed by atoms with E-state index in [-0.39, 0.29) is 5.92 Å². The van der Waals surface area contributed by atoms with Crippen molar-refractivity contribution in [3.05, 3.63) is 187 Å². The molecule has 6 aromatic carbocycles.